The average Bonchev–Trinajstić information content (AvgIpc) is 2.52. The summed E-state index contributed by atoms with van der Waals surface area (Å²) in [4.78, 5) is 12.1. The lowest BCUT2D eigenvalue weighted by Gasteiger charge is -2.07. The van der Waals surface area contributed by atoms with Crippen LogP contribution in [0, 0.1) is 0 Å². The first kappa shape index (κ1) is 15.3. The maximum atomic E-state index is 12.1. The molecule has 0 aromatic heterocycles. The Morgan fingerprint density at radius 3 is 2.67 bits per heavy atom. The highest BCUT2D eigenvalue weighted by Crippen LogP contribution is 2.17. The highest BCUT2D eigenvalue weighted by atomic mass is 79.9. The first-order valence-corrected chi connectivity index (χ1v) is 7.14. The molecule has 2 rings (SSSR count). The minimum Gasteiger partial charge on any atom is -0.496 e. The lowest BCUT2D eigenvalue weighted by molar-refractivity contribution is 0.0952. The number of methoxy groups -OCH3 is 1. The van der Waals surface area contributed by atoms with Crippen LogP contribution in [0.15, 0.2) is 58.1 Å². The minimum absolute atomic E-state index is 0.304. The number of nitrogens with one attached hydrogen (secondary N) is 1. The second-order valence-corrected chi connectivity index (χ2v) is 5.26. The van der Waals surface area contributed by atoms with E-state index >= 15 is 0 Å². The third-order valence-corrected chi connectivity index (χ3v) is 3.41. The molecule has 0 aliphatic heterocycles. The third kappa shape index (κ3) is 3.92. The van der Waals surface area contributed by atoms with E-state index in [0.29, 0.717) is 11.3 Å². The molecule has 0 bridgehead atoms. The normalized spacial score (nSPS) is 11.1. The van der Waals surface area contributed by atoms with Crippen molar-refractivity contribution >= 4 is 27.5 Å². The van der Waals surface area contributed by atoms with Gasteiger partial charge < -0.3 is 4.74 Å². The van der Waals surface area contributed by atoms with Gasteiger partial charge in [-0.1, -0.05) is 40.2 Å². The highest BCUT2D eigenvalue weighted by molar-refractivity contribution is 9.10. The van der Waals surface area contributed by atoms with Gasteiger partial charge in [0, 0.05) is 4.47 Å². The van der Waals surface area contributed by atoms with Crippen LogP contribution in [0.25, 0.3) is 0 Å². The summed E-state index contributed by atoms with van der Waals surface area (Å²) >= 11 is 3.41. The summed E-state index contributed by atoms with van der Waals surface area (Å²) in [6.45, 7) is 1.84. The Kier molecular flexibility index (Phi) is 5.11. The Bertz CT molecular complexity index is 683. The number of carbonyl (C=O) groups is 1. The van der Waals surface area contributed by atoms with Gasteiger partial charge in [-0.25, -0.2) is 5.43 Å². The molecule has 1 amide bonds. The van der Waals surface area contributed by atoms with E-state index in [1.165, 1.54) is 7.11 Å². The van der Waals surface area contributed by atoms with Crippen molar-refractivity contribution in [1.29, 1.82) is 0 Å². The summed E-state index contributed by atoms with van der Waals surface area (Å²) in [6, 6.07) is 14.7. The van der Waals surface area contributed by atoms with Crippen molar-refractivity contribution in [3.63, 3.8) is 0 Å². The van der Waals surface area contributed by atoms with Crippen LogP contribution in [0.5, 0.6) is 5.75 Å². The quantitative estimate of drug-likeness (QED) is 0.679. The monoisotopic (exact) mass is 346 g/mol. The van der Waals surface area contributed by atoms with Crippen LogP contribution in [0.2, 0.25) is 0 Å². The number of amides is 1. The van der Waals surface area contributed by atoms with Crippen LogP contribution >= 0.6 is 15.9 Å². The lowest BCUT2D eigenvalue weighted by Crippen LogP contribution is -2.20. The van der Waals surface area contributed by atoms with E-state index in [2.05, 4.69) is 26.5 Å². The van der Waals surface area contributed by atoms with Crippen LogP contribution in [-0.4, -0.2) is 18.7 Å². The maximum absolute atomic E-state index is 12.1. The van der Waals surface area contributed by atoms with Crippen LogP contribution in [0.1, 0.15) is 22.8 Å². The highest BCUT2D eigenvalue weighted by Gasteiger charge is 2.10. The van der Waals surface area contributed by atoms with Gasteiger partial charge >= 0.3 is 0 Å². The number of rotatable bonds is 4. The van der Waals surface area contributed by atoms with Crippen molar-refractivity contribution in [2.75, 3.05) is 7.11 Å². The van der Waals surface area contributed by atoms with Crippen LogP contribution in [-0.2, 0) is 0 Å². The van der Waals surface area contributed by atoms with Crippen molar-refractivity contribution < 1.29 is 9.53 Å². The van der Waals surface area contributed by atoms with Gasteiger partial charge in [0.15, 0.2) is 0 Å². The van der Waals surface area contributed by atoms with Gasteiger partial charge in [-0.05, 0) is 36.8 Å². The molecule has 5 heteroatoms. The molecule has 0 unspecified atom stereocenters. The summed E-state index contributed by atoms with van der Waals surface area (Å²) in [7, 11) is 1.53. The zero-order chi connectivity index (χ0) is 15.2. The SMILES string of the molecule is COc1ccccc1C(=O)N/N=C(\C)c1cccc(Br)c1. The van der Waals surface area contributed by atoms with E-state index in [-0.39, 0.29) is 5.91 Å². The molecule has 21 heavy (non-hydrogen) atoms. The molecule has 0 saturated heterocycles. The lowest BCUT2D eigenvalue weighted by atomic mass is 10.1. The van der Waals surface area contributed by atoms with Crippen molar-refractivity contribution in [2.24, 2.45) is 5.10 Å². The Balaban J connectivity index is 2.15. The van der Waals surface area contributed by atoms with E-state index < -0.39 is 0 Å². The van der Waals surface area contributed by atoms with Gasteiger partial charge in [-0.15, -0.1) is 0 Å². The molecular formula is C16H15BrN2O2. The first-order chi connectivity index (χ1) is 10.1. The number of hydrogen-bond donors (Lipinski definition) is 1. The fourth-order valence-electron chi connectivity index (χ4n) is 1.81. The van der Waals surface area contributed by atoms with Crippen LogP contribution in [0.4, 0.5) is 0 Å². The Morgan fingerprint density at radius 1 is 1.19 bits per heavy atom. The summed E-state index contributed by atoms with van der Waals surface area (Å²) in [5.41, 5.74) is 4.65. The molecule has 0 atom stereocenters. The number of ether oxygens (including phenoxy) is 1. The van der Waals surface area contributed by atoms with Gasteiger partial charge in [-0.2, -0.15) is 5.10 Å². The molecule has 0 spiro atoms. The topological polar surface area (TPSA) is 50.7 Å². The zero-order valence-corrected chi connectivity index (χ0v) is 13.3. The number of hydrogen-bond acceptors (Lipinski definition) is 3. The molecule has 0 heterocycles. The second-order valence-electron chi connectivity index (χ2n) is 4.35. The van der Waals surface area contributed by atoms with Gasteiger partial charge in [-0.3, -0.25) is 4.79 Å². The molecule has 1 N–H and O–H groups in total. The Labute approximate surface area is 132 Å². The number of hydrazone groups is 1. The molecule has 0 radical (unpaired) electrons. The van der Waals surface area contributed by atoms with Crippen molar-refractivity contribution in [3.05, 3.63) is 64.1 Å². The van der Waals surface area contributed by atoms with Crippen molar-refractivity contribution in [2.45, 2.75) is 6.92 Å². The molecule has 2 aromatic rings. The minimum atomic E-state index is -0.304. The zero-order valence-electron chi connectivity index (χ0n) is 11.8. The van der Waals surface area contributed by atoms with Crippen molar-refractivity contribution in [1.82, 2.24) is 5.43 Å². The summed E-state index contributed by atoms with van der Waals surface area (Å²) < 4.78 is 6.12. The summed E-state index contributed by atoms with van der Waals surface area (Å²) in [5.74, 6) is 0.215. The first-order valence-electron chi connectivity index (χ1n) is 6.35. The van der Waals surface area contributed by atoms with Crippen LogP contribution < -0.4 is 10.2 Å². The number of halogens is 1. The Morgan fingerprint density at radius 2 is 1.95 bits per heavy atom. The van der Waals surface area contributed by atoms with E-state index in [1.54, 1.807) is 18.2 Å². The Hall–Kier alpha value is -2.14. The molecule has 4 nitrogen and oxygen atoms in total. The standard InChI is InChI=1S/C16H15BrN2O2/c1-11(12-6-5-7-13(17)10-12)18-19-16(20)14-8-3-4-9-15(14)21-2/h3-10H,1-2H3,(H,19,20)/b18-11+. The molecular weight excluding hydrogens is 332 g/mol. The van der Waals surface area contributed by atoms with E-state index in [4.69, 9.17) is 4.74 Å². The summed E-state index contributed by atoms with van der Waals surface area (Å²) in [5, 5.41) is 4.13. The molecule has 2 aromatic carbocycles. The largest absolute Gasteiger partial charge is 0.496 e. The van der Waals surface area contributed by atoms with Crippen LogP contribution in [0.3, 0.4) is 0 Å². The van der Waals surface area contributed by atoms with Gasteiger partial charge in [0.05, 0.1) is 18.4 Å². The number of carbonyl (C=O) groups excluding carboxylic acids is 1. The van der Waals surface area contributed by atoms with Gasteiger partial charge in [0.25, 0.3) is 5.91 Å². The second kappa shape index (κ2) is 7.04. The fraction of sp³-hybridized carbons (Fsp3) is 0.125. The maximum Gasteiger partial charge on any atom is 0.275 e. The summed E-state index contributed by atoms with van der Waals surface area (Å²) in [6.07, 6.45) is 0. The van der Waals surface area contributed by atoms with Crippen molar-refractivity contribution in [3.8, 4) is 5.75 Å². The van der Waals surface area contributed by atoms with E-state index in [0.717, 1.165) is 15.7 Å². The predicted molar refractivity (Wildman–Crippen MR) is 86.8 cm³/mol. The molecule has 0 aliphatic rings. The third-order valence-electron chi connectivity index (χ3n) is 2.92. The average molecular weight is 347 g/mol. The molecule has 0 saturated carbocycles. The number of nitrogens with zero attached hydrogens (tertiary/aromatic N) is 1. The predicted octanol–water partition coefficient (Wildman–Crippen LogP) is 3.61. The molecule has 0 aliphatic carbocycles. The number of para-hydroxylation sites is 1. The number of benzene rings is 2. The van der Waals surface area contributed by atoms with Gasteiger partial charge in [0.2, 0.25) is 0 Å². The molecule has 0 fully saturated rings. The fourth-order valence-corrected chi connectivity index (χ4v) is 2.20. The molecule has 108 valence electrons. The van der Waals surface area contributed by atoms with E-state index in [9.17, 15) is 4.79 Å². The van der Waals surface area contributed by atoms with E-state index in [1.807, 2.05) is 37.3 Å². The van der Waals surface area contributed by atoms with Gasteiger partial charge in [0.1, 0.15) is 5.75 Å². The smallest absolute Gasteiger partial charge is 0.275 e.